The molecule has 1 aliphatic rings. The first-order chi connectivity index (χ1) is 8.22. The van der Waals surface area contributed by atoms with Crippen molar-refractivity contribution in [2.75, 3.05) is 19.6 Å². The van der Waals surface area contributed by atoms with Crippen molar-refractivity contribution in [1.82, 2.24) is 15.2 Å². The van der Waals surface area contributed by atoms with Gasteiger partial charge in [-0.2, -0.15) is 0 Å². The van der Waals surface area contributed by atoms with Gasteiger partial charge in [-0.3, -0.25) is 4.79 Å². The van der Waals surface area contributed by atoms with Gasteiger partial charge in [0.15, 0.2) is 0 Å². The van der Waals surface area contributed by atoms with Crippen LogP contribution in [0.4, 0.5) is 0 Å². The molecule has 1 saturated heterocycles. The van der Waals surface area contributed by atoms with Gasteiger partial charge in [0.05, 0.1) is 11.2 Å². The second-order valence-electron chi connectivity index (χ2n) is 4.42. The molecule has 0 radical (unpaired) electrons. The fraction of sp³-hybridized carbons (Fsp3) is 0.667. The van der Waals surface area contributed by atoms with Crippen LogP contribution in [0.2, 0.25) is 0 Å². The number of amides is 1. The predicted molar refractivity (Wildman–Crippen MR) is 69.5 cm³/mol. The second-order valence-corrected chi connectivity index (χ2v) is 5.54. The van der Waals surface area contributed by atoms with E-state index in [1.54, 1.807) is 6.20 Å². The Morgan fingerprint density at radius 3 is 3.24 bits per heavy atom. The van der Waals surface area contributed by atoms with Crippen LogP contribution in [0.1, 0.15) is 34.9 Å². The minimum absolute atomic E-state index is 0.138. The van der Waals surface area contributed by atoms with E-state index in [0.717, 1.165) is 42.4 Å². The van der Waals surface area contributed by atoms with Crippen molar-refractivity contribution in [2.45, 2.75) is 32.7 Å². The van der Waals surface area contributed by atoms with Crippen LogP contribution in [0.5, 0.6) is 0 Å². The van der Waals surface area contributed by atoms with E-state index in [1.165, 1.54) is 11.3 Å². The van der Waals surface area contributed by atoms with Gasteiger partial charge in [-0.15, -0.1) is 11.3 Å². The number of piperazine rings is 1. The third kappa shape index (κ3) is 2.84. The summed E-state index contributed by atoms with van der Waals surface area (Å²) in [6, 6.07) is 0.271. The Hall–Kier alpha value is -0.940. The van der Waals surface area contributed by atoms with Gasteiger partial charge in [0.25, 0.3) is 5.91 Å². The SMILES string of the molecule is CCCc1ncc(C(=O)N2CCNCC2C)s1. The number of nitrogens with one attached hydrogen (secondary N) is 1. The molecule has 0 bridgehead atoms. The summed E-state index contributed by atoms with van der Waals surface area (Å²) in [4.78, 5) is 19.3. The van der Waals surface area contributed by atoms with Gasteiger partial charge in [0, 0.05) is 25.7 Å². The Labute approximate surface area is 106 Å². The van der Waals surface area contributed by atoms with Gasteiger partial charge in [-0.1, -0.05) is 6.92 Å². The van der Waals surface area contributed by atoms with Gasteiger partial charge in [-0.05, 0) is 19.8 Å². The maximum atomic E-state index is 12.3. The summed E-state index contributed by atoms with van der Waals surface area (Å²) < 4.78 is 0. The Kier molecular flexibility index (Phi) is 4.12. The van der Waals surface area contributed by atoms with Crippen LogP contribution in [0.3, 0.4) is 0 Å². The fourth-order valence-corrected chi connectivity index (χ4v) is 3.00. The Bertz CT molecular complexity index is 391. The molecule has 1 N–H and O–H groups in total. The average molecular weight is 253 g/mol. The van der Waals surface area contributed by atoms with Crippen LogP contribution in [0.25, 0.3) is 0 Å². The lowest BCUT2D eigenvalue weighted by molar-refractivity contribution is 0.0660. The molecule has 1 atom stereocenters. The van der Waals surface area contributed by atoms with E-state index in [1.807, 2.05) is 4.90 Å². The highest BCUT2D eigenvalue weighted by molar-refractivity contribution is 7.13. The van der Waals surface area contributed by atoms with E-state index in [0.29, 0.717) is 0 Å². The number of thiazole rings is 1. The third-order valence-corrected chi connectivity index (χ3v) is 4.04. The maximum Gasteiger partial charge on any atom is 0.265 e. The second kappa shape index (κ2) is 5.60. The number of carbonyl (C=O) groups is 1. The lowest BCUT2D eigenvalue weighted by Crippen LogP contribution is -2.52. The highest BCUT2D eigenvalue weighted by atomic mass is 32.1. The predicted octanol–water partition coefficient (Wildman–Crippen LogP) is 1.53. The standard InChI is InChI=1S/C12H19N3OS/c1-3-4-11-14-8-10(17-11)12(16)15-6-5-13-7-9(15)2/h8-9,13H,3-7H2,1-2H3. The van der Waals surface area contributed by atoms with E-state index in [4.69, 9.17) is 0 Å². The Balaban J connectivity index is 2.07. The lowest BCUT2D eigenvalue weighted by Gasteiger charge is -2.33. The molecule has 1 amide bonds. The molecule has 1 aliphatic heterocycles. The molecule has 1 unspecified atom stereocenters. The molecule has 0 spiro atoms. The molecule has 94 valence electrons. The molecule has 4 nitrogen and oxygen atoms in total. The molecule has 0 saturated carbocycles. The summed E-state index contributed by atoms with van der Waals surface area (Å²) >= 11 is 1.54. The monoisotopic (exact) mass is 253 g/mol. The number of aryl methyl sites for hydroxylation is 1. The molecule has 1 aromatic rings. The van der Waals surface area contributed by atoms with Crippen LogP contribution in [0, 0.1) is 0 Å². The molecular formula is C12H19N3OS. The van der Waals surface area contributed by atoms with Gasteiger partial charge < -0.3 is 10.2 Å². The van der Waals surface area contributed by atoms with Gasteiger partial charge >= 0.3 is 0 Å². The van der Waals surface area contributed by atoms with Crippen LogP contribution in [0.15, 0.2) is 6.20 Å². The van der Waals surface area contributed by atoms with E-state index >= 15 is 0 Å². The summed E-state index contributed by atoms with van der Waals surface area (Å²) in [6.07, 6.45) is 3.77. The molecular weight excluding hydrogens is 234 g/mol. The summed E-state index contributed by atoms with van der Waals surface area (Å²) in [7, 11) is 0. The van der Waals surface area contributed by atoms with Crippen molar-refractivity contribution < 1.29 is 4.79 Å². The number of hydrogen-bond acceptors (Lipinski definition) is 4. The first-order valence-corrected chi connectivity index (χ1v) is 7.00. The Morgan fingerprint density at radius 2 is 2.53 bits per heavy atom. The van der Waals surface area contributed by atoms with E-state index in [2.05, 4.69) is 24.1 Å². The number of carbonyl (C=O) groups excluding carboxylic acids is 1. The molecule has 2 rings (SSSR count). The number of rotatable bonds is 3. The maximum absolute atomic E-state index is 12.3. The van der Waals surface area contributed by atoms with E-state index in [9.17, 15) is 4.79 Å². The van der Waals surface area contributed by atoms with Crippen molar-refractivity contribution in [3.05, 3.63) is 16.1 Å². The van der Waals surface area contributed by atoms with Gasteiger partial charge in [0.2, 0.25) is 0 Å². The van der Waals surface area contributed by atoms with Gasteiger partial charge in [0.1, 0.15) is 4.88 Å². The average Bonchev–Trinajstić information content (AvgIpc) is 2.78. The van der Waals surface area contributed by atoms with Crippen molar-refractivity contribution >= 4 is 17.2 Å². The molecule has 1 fully saturated rings. The molecule has 2 heterocycles. The Morgan fingerprint density at radius 1 is 1.71 bits per heavy atom. The highest BCUT2D eigenvalue weighted by Crippen LogP contribution is 2.18. The molecule has 0 aliphatic carbocycles. The van der Waals surface area contributed by atoms with Crippen LogP contribution in [-0.2, 0) is 6.42 Å². The quantitative estimate of drug-likeness (QED) is 0.888. The minimum Gasteiger partial charge on any atom is -0.333 e. The molecule has 1 aromatic heterocycles. The minimum atomic E-state index is 0.138. The summed E-state index contributed by atoms with van der Waals surface area (Å²) in [5.74, 6) is 0.138. The smallest absolute Gasteiger partial charge is 0.265 e. The van der Waals surface area contributed by atoms with Crippen molar-refractivity contribution in [3.8, 4) is 0 Å². The fourth-order valence-electron chi connectivity index (χ4n) is 2.02. The topological polar surface area (TPSA) is 45.2 Å². The van der Waals surface area contributed by atoms with Crippen molar-refractivity contribution in [1.29, 1.82) is 0 Å². The largest absolute Gasteiger partial charge is 0.333 e. The first kappa shape index (κ1) is 12.5. The summed E-state index contributed by atoms with van der Waals surface area (Å²) in [6.45, 7) is 6.77. The zero-order chi connectivity index (χ0) is 12.3. The number of aromatic nitrogens is 1. The van der Waals surface area contributed by atoms with E-state index in [-0.39, 0.29) is 11.9 Å². The van der Waals surface area contributed by atoms with Crippen LogP contribution < -0.4 is 5.32 Å². The van der Waals surface area contributed by atoms with Gasteiger partial charge in [-0.25, -0.2) is 4.98 Å². The van der Waals surface area contributed by atoms with Crippen LogP contribution in [-0.4, -0.2) is 41.5 Å². The first-order valence-electron chi connectivity index (χ1n) is 6.18. The van der Waals surface area contributed by atoms with Crippen molar-refractivity contribution in [3.63, 3.8) is 0 Å². The normalized spacial score (nSPS) is 20.6. The zero-order valence-corrected chi connectivity index (χ0v) is 11.2. The van der Waals surface area contributed by atoms with Crippen molar-refractivity contribution in [2.24, 2.45) is 0 Å². The third-order valence-electron chi connectivity index (χ3n) is 2.99. The summed E-state index contributed by atoms with van der Waals surface area (Å²) in [5.41, 5.74) is 0. The zero-order valence-electron chi connectivity index (χ0n) is 10.4. The van der Waals surface area contributed by atoms with E-state index < -0.39 is 0 Å². The summed E-state index contributed by atoms with van der Waals surface area (Å²) in [5, 5.41) is 4.36. The lowest BCUT2D eigenvalue weighted by atomic mass is 10.2. The number of hydrogen-bond donors (Lipinski definition) is 1. The van der Waals surface area contributed by atoms with Crippen LogP contribution >= 0.6 is 11.3 Å². The molecule has 17 heavy (non-hydrogen) atoms. The molecule has 0 aromatic carbocycles. The molecule has 5 heteroatoms. The highest BCUT2D eigenvalue weighted by Gasteiger charge is 2.25. The number of nitrogens with zero attached hydrogens (tertiary/aromatic N) is 2.